The van der Waals surface area contributed by atoms with Crippen molar-refractivity contribution in [2.45, 2.75) is 45.1 Å². The smallest absolute Gasteiger partial charge is 0.314 e. The Morgan fingerprint density at radius 2 is 2.40 bits per heavy atom. The van der Waals surface area contributed by atoms with Crippen LogP contribution in [0.15, 0.2) is 12.3 Å². The molecule has 1 aliphatic carbocycles. The molecule has 1 heterocycles. The van der Waals surface area contributed by atoms with Gasteiger partial charge >= 0.3 is 5.69 Å². The third-order valence-electron chi connectivity index (χ3n) is 4.09. The number of nitro groups is 1. The number of nitrogens with one attached hydrogen (secondary N) is 1. The number of rotatable bonds is 4. The van der Waals surface area contributed by atoms with Crippen LogP contribution in [0.5, 0.6) is 0 Å². The molecule has 0 radical (unpaired) electrons. The fourth-order valence-electron chi connectivity index (χ4n) is 3.08. The molecule has 6 nitrogen and oxygen atoms in total. The molecule has 0 saturated heterocycles. The van der Waals surface area contributed by atoms with Gasteiger partial charge in [-0.2, -0.15) is 0 Å². The van der Waals surface area contributed by atoms with Crippen molar-refractivity contribution in [1.29, 1.82) is 0 Å². The summed E-state index contributed by atoms with van der Waals surface area (Å²) in [6, 6.07) is 1.62. The van der Waals surface area contributed by atoms with E-state index in [4.69, 9.17) is 0 Å². The van der Waals surface area contributed by atoms with Crippen molar-refractivity contribution in [2.75, 3.05) is 11.9 Å². The Morgan fingerprint density at radius 3 is 3.00 bits per heavy atom. The van der Waals surface area contributed by atoms with Gasteiger partial charge in [-0.3, -0.25) is 10.1 Å². The molecule has 1 aliphatic rings. The minimum Gasteiger partial charge on any atom is -0.394 e. The van der Waals surface area contributed by atoms with Crippen molar-refractivity contribution < 1.29 is 10.0 Å². The molecular weight excluding hydrogens is 258 g/mol. The van der Waals surface area contributed by atoms with Crippen LogP contribution in [0, 0.1) is 23.0 Å². The van der Waals surface area contributed by atoms with Gasteiger partial charge in [-0.15, -0.1) is 0 Å². The number of pyridine rings is 1. The molecule has 110 valence electrons. The molecule has 0 aliphatic heterocycles. The van der Waals surface area contributed by atoms with Gasteiger partial charge in [0, 0.05) is 11.8 Å². The molecule has 1 fully saturated rings. The minimum atomic E-state index is -0.497. The van der Waals surface area contributed by atoms with Crippen molar-refractivity contribution >= 4 is 11.5 Å². The van der Waals surface area contributed by atoms with Crippen LogP contribution in [0.2, 0.25) is 0 Å². The number of anilines is 1. The molecule has 1 saturated carbocycles. The van der Waals surface area contributed by atoms with E-state index in [-0.39, 0.29) is 18.1 Å². The third-order valence-corrected chi connectivity index (χ3v) is 4.09. The van der Waals surface area contributed by atoms with E-state index in [2.05, 4.69) is 17.2 Å². The highest BCUT2D eigenvalue weighted by molar-refractivity contribution is 5.61. The van der Waals surface area contributed by atoms with Crippen molar-refractivity contribution in [1.82, 2.24) is 4.98 Å². The SMILES string of the molecule is Cc1ccnc(NC2(CO)CCCC(C)C2)c1[N+](=O)[O-]. The quantitative estimate of drug-likeness (QED) is 0.653. The lowest BCUT2D eigenvalue weighted by molar-refractivity contribution is -0.384. The van der Waals surface area contributed by atoms with Crippen molar-refractivity contribution in [3.8, 4) is 0 Å². The van der Waals surface area contributed by atoms with Crippen LogP contribution in [0.3, 0.4) is 0 Å². The molecule has 1 aromatic rings. The average Bonchev–Trinajstić information content (AvgIpc) is 2.38. The summed E-state index contributed by atoms with van der Waals surface area (Å²) in [6.45, 7) is 3.80. The van der Waals surface area contributed by atoms with Gasteiger partial charge in [0.1, 0.15) is 0 Å². The van der Waals surface area contributed by atoms with E-state index in [1.165, 1.54) is 0 Å². The maximum atomic E-state index is 11.2. The van der Waals surface area contributed by atoms with Crippen molar-refractivity contribution in [3.63, 3.8) is 0 Å². The second-order valence-corrected chi connectivity index (χ2v) is 5.85. The van der Waals surface area contributed by atoms with Crippen LogP contribution < -0.4 is 5.32 Å². The number of aliphatic hydroxyl groups excluding tert-OH is 1. The second kappa shape index (κ2) is 5.75. The normalized spacial score (nSPS) is 26.2. The van der Waals surface area contributed by atoms with Gasteiger partial charge < -0.3 is 10.4 Å². The Bertz CT molecular complexity index is 506. The highest BCUT2D eigenvalue weighted by Crippen LogP contribution is 2.37. The Labute approximate surface area is 118 Å². The van der Waals surface area contributed by atoms with Crippen molar-refractivity contribution in [2.24, 2.45) is 5.92 Å². The Hall–Kier alpha value is -1.69. The predicted octanol–water partition coefficient (Wildman–Crippen LogP) is 2.65. The van der Waals surface area contributed by atoms with Crippen LogP contribution >= 0.6 is 0 Å². The van der Waals surface area contributed by atoms with Crippen LogP contribution in [-0.4, -0.2) is 27.2 Å². The summed E-state index contributed by atoms with van der Waals surface area (Å²) in [5.74, 6) is 0.755. The van der Waals surface area contributed by atoms with E-state index in [1.807, 2.05) is 0 Å². The summed E-state index contributed by atoms with van der Waals surface area (Å²) in [5, 5.41) is 24.1. The molecule has 1 aromatic heterocycles. The number of aliphatic hydroxyl groups is 1. The molecule has 20 heavy (non-hydrogen) atoms. The van der Waals surface area contributed by atoms with Crippen LogP contribution in [0.4, 0.5) is 11.5 Å². The zero-order valence-electron chi connectivity index (χ0n) is 11.9. The first-order chi connectivity index (χ1) is 9.47. The molecule has 0 bridgehead atoms. The first-order valence-corrected chi connectivity index (χ1v) is 6.96. The van der Waals surface area contributed by atoms with E-state index in [0.29, 0.717) is 11.5 Å². The van der Waals surface area contributed by atoms with Gasteiger partial charge in [-0.1, -0.05) is 19.8 Å². The fraction of sp³-hybridized carbons (Fsp3) is 0.643. The summed E-state index contributed by atoms with van der Waals surface area (Å²) in [6.07, 6.45) is 5.31. The Kier molecular flexibility index (Phi) is 4.23. The summed E-state index contributed by atoms with van der Waals surface area (Å²) in [7, 11) is 0. The largest absolute Gasteiger partial charge is 0.394 e. The monoisotopic (exact) mass is 279 g/mol. The summed E-state index contributed by atoms with van der Waals surface area (Å²) in [4.78, 5) is 14.9. The zero-order chi connectivity index (χ0) is 14.8. The second-order valence-electron chi connectivity index (χ2n) is 5.85. The van der Waals surface area contributed by atoms with Gasteiger partial charge in [0.05, 0.1) is 17.1 Å². The fourth-order valence-corrected chi connectivity index (χ4v) is 3.08. The van der Waals surface area contributed by atoms with Gasteiger partial charge in [-0.05, 0) is 31.7 Å². The maximum Gasteiger partial charge on any atom is 0.314 e. The zero-order valence-corrected chi connectivity index (χ0v) is 11.9. The number of aryl methyl sites for hydroxylation is 1. The van der Waals surface area contributed by atoms with Gasteiger partial charge in [-0.25, -0.2) is 4.98 Å². The van der Waals surface area contributed by atoms with Crippen molar-refractivity contribution in [3.05, 3.63) is 27.9 Å². The number of nitrogens with zero attached hydrogens (tertiary/aromatic N) is 2. The summed E-state index contributed by atoms with van der Waals surface area (Å²) in [5.41, 5.74) is 0.0754. The molecule has 0 aromatic carbocycles. The molecule has 0 amide bonds. The Balaban J connectivity index is 2.32. The molecule has 2 unspecified atom stereocenters. The standard InChI is InChI=1S/C14H21N3O3/c1-10-4-3-6-14(8-10,9-18)16-13-12(17(19)20)11(2)5-7-15-13/h5,7,10,18H,3-4,6,8-9H2,1-2H3,(H,15,16). The van der Waals surface area contributed by atoms with Gasteiger partial charge in [0.2, 0.25) is 5.82 Å². The number of hydrogen-bond donors (Lipinski definition) is 2. The van der Waals surface area contributed by atoms with Crippen LogP contribution in [0.1, 0.15) is 38.2 Å². The highest BCUT2D eigenvalue weighted by Gasteiger charge is 2.36. The first kappa shape index (κ1) is 14.7. The third kappa shape index (κ3) is 2.90. The topological polar surface area (TPSA) is 88.3 Å². The first-order valence-electron chi connectivity index (χ1n) is 6.96. The molecule has 0 spiro atoms. The van der Waals surface area contributed by atoms with Gasteiger partial charge in [0.25, 0.3) is 0 Å². The van der Waals surface area contributed by atoms with Crippen LogP contribution in [-0.2, 0) is 0 Å². The summed E-state index contributed by atoms with van der Waals surface area (Å²) >= 11 is 0. The predicted molar refractivity (Wildman–Crippen MR) is 76.7 cm³/mol. The highest BCUT2D eigenvalue weighted by atomic mass is 16.6. The molecule has 6 heteroatoms. The Morgan fingerprint density at radius 1 is 1.65 bits per heavy atom. The van der Waals surface area contributed by atoms with E-state index in [0.717, 1.165) is 25.7 Å². The van der Waals surface area contributed by atoms with Crippen LogP contribution in [0.25, 0.3) is 0 Å². The van der Waals surface area contributed by atoms with Gasteiger partial charge in [0.15, 0.2) is 0 Å². The maximum absolute atomic E-state index is 11.2. The summed E-state index contributed by atoms with van der Waals surface area (Å²) < 4.78 is 0. The molecular formula is C14H21N3O3. The lowest BCUT2D eigenvalue weighted by Gasteiger charge is -2.39. The number of hydrogen-bond acceptors (Lipinski definition) is 5. The molecule has 2 rings (SSSR count). The van der Waals surface area contributed by atoms with E-state index >= 15 is 0 Å². The number of aromatic nitrogens is 1. The molecule has 2 N–H and O–H groups in total. The minimum absolute atomic E-state index is 0.00134. The molecule has 2 atom stereocenters. The van der Waals surface area contributed by atoms with E-state index in [9.17, 15) is 15.2 Å². The lowest BCUT2D eigenvalue weighted by Crippen LogP contribution is -2.46. The van der Waals surface area contributed by atoms with E-state index < -0.39 is 10.5 Å². The lowest BCUT2D eigenvalue weighted by atomic mass is 9.77. The average molecular weight is 279 g/mol. The van der Waals surface area contributed by atoms with E-state index in [1.54, 1.807) is 19.2 Å².